The number of fused-ring (bicyclic) bond motifs is 3. The van der Waals surface area contributed by atoms with Crippen molar-refractivity contribution in [2.75, 3.05) is 0 Å². The van der Waals surface area contributed by atoms with Crippen LogP contribution >= 0.6 is 0 Å². The number of non-ortho nitro benzene ring substituents is 2. The molecule has 0 bridgehead atoms. The quantitative estimate of drug-likeness (QED) is 0.459. The zero-order valence-corrected chi connectivity index (χ0v) is 12.3. The van der Waals surface area contributed by atoms with Gasteiger partial charge in [-0.3, -0.25) is 20.2 Å². The Labute approximate surface area is 132 Å². The number of nitrogens with zero attached hydrogens (tertiary/aromatic N) is 2. The maximum atomic E-state index is 13.6. The SMILES string of the molecule is O=[N+]([O-])c1ccc2c(c1)[S+](=O)(C(F)(F)F)c1cc([N+](=O)[O-])ccc1-2. The summed E-state index contributed by atoms with van der Waals surface area (Å²) in [5.41, 5.74) is -6.72. The smallest absolute Gasteiger partial charge is 0.258 e. The predicted molar refractivity (Wildman–Crippen MR) is 75.8 cm³/mol. The molecule has 0 fully saturated rings. The molecule has 7 nitrogen and oxygen atoms in total. The van der Waals surface area contributed by atoms with Crippen LogP contribution in [0.2, 0.25) is 0 Å². The third-order valence-electron chi connectivity index (χ3n) is 3.59. The van der Waals surface area contributed by atoms with Gasteiger partial charge in [-0.2, -0.15) is 0 Å². The Morgan fingerprint density at radius 2 is 1.21 bits per heavy atom. The molecule has 0 atom stereocenters. The fourth-order valence-electron chi connectivity index (χ4n) is 2.54. The van der Waals surface area contributed by atoms with Gasteiger partial charge in [-0.1, -0.05) is 4.21 Å². The standard InChI is InChI=1S/C13H6F3N2O5S/c14-13(15,16)24(23)11-5-7(17(19)20)1-3-9(11)10-4-2-8(18(21)22)6-12(10)24/h1-6H/q+1. The van der Waals surface area contributed by atoms with Gasteiger partial charge in [0.05, 0.1) is 22.0 Å². The molecule has 1 heterocycles. The maximum Gasteiger partial charge on any atom is 0.588 e. The van der Waals surface area contributed by atoms with Crippen LogP contribution in [0.3, 0.4) is 0 Å². The first-order valence-corrected chi connectivity index (χ1v) is 7.81. The first-order valence-electron chi connectivity index (χ1n) is 6.25. The average molecular weight is 359 g/mol. The Morgan fingerprint density at radius 3 is 1.50 bits per heavy atom. The average Bonchev–Trinajstić information content (AvgIpc) is 2.76. The molecule has 0 N–H and O–H groups in total. The lowest BCUT2D eigenvalue weighted by atomic mass is 10.1. The van der Waals surface area contributed by atoms with Gasteiger partial charge in [-0.15, -0.1) is 13.2 Å². The summed E-state index contributed by atoms with van der Waals surface area (Å²) in [6.07, 6.45) is 0. The zero-order chi connectivity index (χ0) is 17.9. The summed E-state index contributed by atoms with van der Waals surface area (Å²) in [6.45, 7) is 0. The topological polar surface area (TPSA) is 103 Å². The molecule has 0 aromatic heterocycles. The molecule has 0 aliphatic carbocycles. The molecular formula is C13H6F3N2O5S+. The molecule has 2 aromatic rings. The monoisotopic (exact) mass is 359 g/mol. The van der Waals surface area contributed by atoms with Gasteiger partial charge in [-0.05, 0) is 12.1 Å². The van der Waals surface area contributed by atoms with E-state index in [4.69, 9.17) is 0 Å². The van der Waals surface area contributed by atoms with E-state index in [9.17, 15) is 37.6 Å². The van der Waals surface area contributed by atoms with Crippen molar-refractivity contribution in [1.82, 2.24) is 0 Å². The lowest BCUT2D eigenvalue weighted by molar-refractivity contribution is -0.385. The number of hydrogen-bond acceptors (Lipinski definition) is 5. The van der Waals surface area contributed by atoms with E-state index in [2.05, 4.69) is 0 Å². The summed E-state index contributed by atoms with van der Waals surface area (Å²) in [4.78, 5) is 18.3. The molecule has 1 aliphatic rings. The number of rotatable bonds is 2. The first kappa shape index (κ1) is 16.1. The van der Waals surface area contributed by atoms with E-state index in [1.807, 2.05) is 0 Å². The van der Waals surface area contributed by atoms with E-state index >= 15 is 0 Å². The number of alkyl halides is 3. The Bertz CT molecular complexity index is 890. The number of benzene rings is 2. The van der Waals surface area contributed by atoms with Gasteiger partial charge < -0.3 is 0 Å². The fourth-order valence-corrected chi connectivity index (χ4v) is 4.82. The molecule has 11 heteroatoms. The molecular weight excluding hydrogens is 353 g/mol. The lowest BCUT2D eigenvalue weighted by Gasteiger charge is -2.10. The molecule has 3 rings (SSSR count). The Kier molecular flexibility index (Phi) is 3.23. The van der Waals surface area contributed by atoms with E-state index in [0.717, 1.165) is 24.3 Å². The summed E-state index contributed by atoms with van der Waals surface area (Å²) in [5.74, 6) is 0. The number of nitro benzene ring substituents is 2. The Hall–Kier alpha value is -2.82. The summed E-state index contributed by atoms with van der Waals surface area (Å²) in [6, 6.07) is 5.33. The molecule has 0 spiro atoms. The van der Waals surface area contributed by atoms with Crippen LogP contribution in [0.15, 0.2) is 46.2 Å². The highest BCUT2D eigenvalue weighted by molar-refractivity contribution is 8.04. The van der Waals surface area contributed by atoms with Crippen LogP contribution in [0, 0.1) is 20.2 Å². The van der Waals surface area contributed by atoms with E-state index in [1.54, 1.807) is 0 Å². The second-order valence-electron chi connectivity index (χ2n) is 4.88. The molecule has 0 unspecified atom stereocenters. The van der Waals surface area contributed by atoms with Crippen LogP contribution in [-0.2, 0) is 14.1 Å². The highest BCUT2D eigenvalue weighted by Crippen LogP contribution is 2.56. The zero-order valence-electron chi connectivity index (χ0n) is 11.4. The van der Waals surface area contributed by atoms with Crippen molar-refractivity contribution >= 4 is 21.3 Å². The molecule has 0 saturated heterocycles. The van der Waals surface area contributed by atoms with Gasteiger partial charge in [0.15, 0.2) is 9.79 Å². The van der Waals surface area contributed by atoms with Crippen LogP contribution in [-0.4, -0.2) is 15.4 Å². The van der Waals surface area contributed by atoms with Crippen molar-refractivity contribution in [3.63, 3.8) is 0 Å². The third-order valence-corrected chi connectivity index (χ3v) is 6.15. The second kappa shape index (κ2) is 4.84. The maximum absolute atomic E-state index is 13.6. The lowest BCUT2D eigenvalue weighted by Crippen LogP contribution is -2.29. The summed E-state index contributed by atoms with van der Waals surface area (Å²) in [7, 11) is -4.91. The molecule has 0 saturated carbocycles. The molecule has 1 aliphatic heterocycles. The van der Waals surface area contributed by atoms with Crippen LogP contribution in [0.1, 0.15) is 0 Å². The minimum atomic E-state index is -5.25. The molecule has 24 heavy (non-hydrogen) atoms. The molecule has 2 aromatic carbocycles. The van der Waals surface area contributed by atoms with Gasteiger partial charge in [0, 0.05) is 23.3 Å². The van der Waals surface area contributed by atoms with Crippen molar-refractivity contribution in [2.24, 2.45) is 0 Å². The van der Waals surface area contributed by atoms with E-state index < -0.39 is 46.5 Å². The van der Waals surface area contributed by atoms with Gasteiger partial charge >= 0.3 is 5.51 Å². The number of halogens is 3. The largest absolute Gasteiger partial charge is 0.588 e. The van der Waals surface area contributed by atoms with Gasteiger partial charge in [-0.25, -0.2) is 0 Å². The first-order chi connectivity index (χ1) is 11.1. The summed E-state index contributed by atoms with van der Waals surface area (Å²) in [5, 5.41) is 21.6. The summed E-state index contributed by atoms with van der Waals surface area (Å²) >= 11 is 0. The highest BCUT2D eigenvalue weighted by atomic mass is 32.2. The Balaban J connectivity index is 2.40. The summed E-state index contributed by atoms with van der Waals surface area (Å²) < 4.78 is 53.5. The fraction of sp³-hybridized carbons (Fsp3) is 0.0769. The van der Waals surface area contributed by atoms with Crippen LogP contribution in [0.25, 0.3) is 11.1 Å². The minimum Gasteiger partial charge on any atom is -0.258 e. The van der Waals surface area contributed by atoms with Gasteiger partial charge in [0.25, 0.3) is 21.3 Å². The molecule has 124 valence electrons. The van der Waals surface area contributed by atoms with Crippen molar-refractivity contribution < 1.29 is 27.2 Å². The van der Waals surface area contributed by atoms with Crippen molar-refractivity contribution in [1.29, 1.82) is 0 Å². The normalized spacial score (nSPS) is 14.8. The third kappa shape index (κ3) is 2.01. The second-order valence-corrected chi connectivity index (χ2v) is 7.33. The van der Waals surface area contributed by atoms with Crippen molar-refractivity contribution in [2.45, 2.75) is 15.3 Å². The van der Waals surface area contributed by atoms with Crippen LogP contribution in [0.5, 0.6) is 0 Å². The number of nitro groups is 2. The predicted octanol–water partition coefficient (Wildman–Crippen LogP) is 3.92. The Morgan fingerprint density at radius 1 is 0.833 bits per heavy atom. The van der Waals surface area contributed by atoms with E-state index in [-0.39, 0.29) is 11.1 Å². The van der Waals surface area contributed by atoms with Gasteiger partial charge in [0.2, 0.25) is 0 Å². The highest BCUT2D eigenvalue weighted by Gasteiger charge is 2.67. The molecule has 0 amide bonds. The minimum absolute atomic E-state index is 0.0900. The van der Waals surface area contributed by atoms with Crippen LogP contribution < -0.4 is 0 Å². The van der Waals surface area contributed by atoms with Crippen molar-refractivity contribution in [3.05, 3.63) is 56.6 Å². The molecule has 0 radical (unpaired) electrons. The van der Waals surface area contributed by atoms with E-state index in [1.165, 1.54) is 0 Å². The van der Waals surface area contributed by atoms with Crippen LogP contribution in [0.4, 0.5) is 24.5 Å². The number of hydrogen-bond donors (Lipinski definition) is 0. The van der Waals surface area contributed by atoms with Crippen molar-refractivity contribution in [3.8, 4) is 11.1 Å². The van der Waals surface area contributed by atoms with E-state index in [0.29, 0.717) is 12.1 Å². The van der Waals surface area contributed by atoms with Gasteiger partial charge in [0.1, 0.15) is 0 Å².